The van der Waals surface area contributed by atoms with Crippen LogP contribution in [0.2, 0.25) is 5.02 Å². The van der Waals surface area contributed by atoms with Gasteiger partial charge in [-0.25, -0.2) is 19.3 Å². The lowest BCUT2D eigenvalue weighted by Gasteiger charge is -2.38. The van der Waals surface area contributed by atoms with Gasteiger partial charge in [-0.15, -0.1) is 0 Å². The molecular weight excluding hydrogens is 735 g/mol. The zero-order valence-corrected chi connectivity index (χ0v) is 32.2. The molecule has 5 aliphatic heterocycles. The number of carbonyl (C=O) groups is 3. The summed E-state index contributed by atoms with van der Waals surface area (Å²) in [5.41, 5.74) is 4.01. The molecule has 4 aromatic rings. The highest BCUT2D eigenvalue weighted by Gasteiger charge is 2.40. The second-order valence-electron chi connectivity index (χ2n) is 16.2. The molecule has 2 atom stereocenters. The molecule has 13 nitrogen and oxygen atoms in total. The lowest BCUT2D eigenvalue weighted by atomic mass is 9.91. The number of pyridine rings is 1. The molecule has 5 aliphatic rings. The van der Waals surface area contributed by atoms with E-state index in [0.717, 1.165) is 99.7 Å². The van der Waals surface area contributed by atoms with Gasteiger partial charge in [0.2, 0.25) is 17.8 Å². The largest absolute Gasteiger partial charge is 0.369 e. The molecule has 0 aliphatic carbocycles. The molecule has 15 heteroatoms. The number of rotatable bonds is 10. The fraction of sp³-hybridized carbons (Fsp3) is 0.512. The van der Waals surface area contributed by atoms with Crippen molar-refractivity contribution < 1.29 is 18.8 Å². The molecule has 4 saturated heterocycles. The summed E-state index contributed by atoms with van der Waals surface area (Å²) < 4.78 is 15.4. The van der Waals surface area contributed by atoms with Crippen molar-refractivity contribution in [3.8, 4) is 11.3 Å². The van der Waals surface area contributed by atoms with Crippen molar-refractivity contribution in [1.82, 2.24) is 40.0 Å². The Morgan fingerprint density at radius 2 is 1.73 bits per heavy atom. The number of fused-ring (bicyclic) bond motifs is 2. The summed E-state index contributed by atoms with van der Waals surface area (Å²) in [4.78, 5) is 62.8. The van der Waals surface area contributed by atoms with E-state index in [-0.39, 0.29) is 24.8 Å². The van der Waals surface area contributed by atoms with Gasteiger partial charge in [0.15, 0.2) is 0 Å². The molecule has 3 aromatic heterocycles. The molecule has 56 heavy (non-hydrogen) atoms. The number of piperidine rings is 3. The first-order valence-corrected chi connectivity index (χ1v) is 20.5. The Hall–Kier alpha value is -4.66. The molecule has 1 unspecified atom stereocenters. The number of hydrogen-bond donors (Lipinski definition) is 3. The van der Waals surface area contributed by atoms with Gasteiger partial charge in [-0.3, -0.25) is 19.7 Å². The minimum absolute atomic E-state index is 0.193. The van der Waals surface area contributed by atoms with Crippen molar-refractivity contribution in [2.75, 3.05) is 62.6 Å². The predicted octanol–water partition coefficient (Wildman–Crippen LogP) is 5.08. The number of imide groups is 1. The maximum absolute atomic E-state index is 15.4. The molecular formula is C41H48ClFN10O3. The maximum Gasteiger partial charge on any atom is 0.255 e. The first kappa shape index (κ1) is 36.9. The number of aromatic nitrogens is 4. The van der Waals surface area contributed by atoms with Crippen molar-refractivity contribution in [1.29, 1.82) is 0 Å². The molecule has 3 amide bonds. The van der Waals surface area contributed by atoms with Crippen LogP contribution in [0.5, 0.6) is 0 Å². The third-order valence-electron chi connectivity index (χ3n) is 12.7. The van der Waals surface area contributed by atoms with Gasteiger partial charge >= 0.3 is 0 Å². The van der Waals surface area contributed by atoms with Crippen LogP contribution in [0.15, 0.2) is 42.9 Å². The van der Waals surface area contributed by atoms with Gasteiger partial charge in [0.25, 0.3) is 5.91 Å². The van der Waals surface area contributed by atoms with Gasteiger partial charge in [0.05, 0.1) is 22.6 Å². The highest BCUT2D eigenvalue weighted by Crippen LogP contribution is 2.35. The van der Waals surface area contributed by atoms with E-state index < -0.39 is 17.8 Å². The first-order valence-electron chi connectivity index (χ1n) is 20.1. The van der Waals surface area contributed by atoms with E-state index in [9.17, 15) is 14.4 Å². The molecule has 4 fully saturated rings. The van der Waals surface area contributed by atoms with Crippen molar-refractivity contribution in [2.24, 2.45) is 11.8 Å². The maximum atomic E-state index is 15.4. The number of nitrogens with one attached hydrogen (secondary N) is 3. The zero-order valence-electron chi connectivity index (χ0n) is 31.5. The SMILES string of the molecule is O=C1CCC(N2Cc3cc(N4CCC(CN5CCC(CCN6CC[C@@H](Nc7ncc(Cl)c(-c8c[nH]c9ncccc89)n7)C6)CC5)CC4)c(F)cc3C2=O)C(=O)N1. The number of benzene rings is 1. The van der Waals surface area contributed by atoms with Crippen LogP contribution in [0.3, 0.4) is 0 Å². The number of nitrogens with zero attached hydrogens (tertiary/aromatic N) is 7. The number of aromatic amines is 1. The summed E-state index contributed by atoms with van der Waals surface area (Å²) in [5, 5.41) is 7.38. The monoisotopic (exact) mass is 782 g/mol. The van der Waals surface area contributed by atoms with Crippen molar-refractivity contribution >= 4 is 52.0 Å². The highest BCUT2D eigenvalue weighted by atomic mass is 35.5. The first-order chi connectivity index (χ1) is 27.3. The van der Waals surface area contributed by atoms with Gasteiger partial charge in [0, 0.05) is 80.6 Å². The van der Waals surface area contributed by atoms with E-state index in [4.69, 9.17) is 16.6 Å². The number of anilines is 2. The summed E-state index contributed by atoms with van der Waals surface area (Å²) in [7, 11) is 0. The fourth-order valence-electron chi connectivity index (χ4n) is 9.48. The molecule has 0 spiro atoms. The topological polar surface area (TPSA) is 143 Å². The van der Waals surface area contributed by atoms with Crippen LogP contribution in [0, 0.1) is 17.7 Å². The van der Waals surface area contributed by atoms with Gasteiger partial charge in [0.1, 0.15) is 17.5 Å². The number of likely N-dealkylation sites (tertiary alicyclic amines) is 2. The molecule has 8 heterocycles. The van der Waals surface area contributed by atoms with Crippen LogP contribution in [-0.2, 0) is 16.1 Å². The normalized spacial score (nSPS) is 23.0. The molecule has 0 bridgehead atoms. The standard InChI is InChI=1S/C41H48ClFN10O3/c42-32-21-46-41(49-37(32)31-20-45-38-29(31)2-1-11-44-38)47-28-10-15-51(24-28)14-7-25-5-12-50(13-6-25)22-26-8-16-52(17-9-26)35-18-27-23-53(40(56)30(27)19-33(35)43)34-3-4-36(54)48-39(34)55/h1-2,11,18-21,25-26,28,34H,3-10,12-17,22-24H2,(H,44,45)(H,46,47,49)(H,48,54,55)/t28-,34?/m1/s1. The Morgan fingerprint density at radius 3 is 2.55 bits per heavy atom. The van der Waals surface area contributed by atoms with Crippen LogP contribution in [-0.4, -0.2) is 117 Å². The van der Waals surface area contributed by atoms with Crippen molar-refractivity contribution in [3.05, 3.63) is 64.8 Å². The minimum atomic E-state index is -0.705. The van der Waals surface area contributed by atoms with Gasteiger partial charge in [-0.1, -0.05) is 11.6 Å². The van der Waals surface area contributed by atoms with Crippen LogP contribution in [0.25, 0.3) is 22.3 Å². The predicted molar refractivity (Wildman–Crippen MR) is 212 cm³/mol. The third kappa shape index (κ3) is 7.58. The quantitative estimate of drug-likeness (QED) is 0.187. The molecule has 9 rings (SSSR count). The molecule has 0 radical (unpaired) electrons. The number of halogens is 2. The minimum Gasteiger partial charge on any atom is -0.369 e. The number of H-pyrrole nitrogens is 1. The lowest BCUT2D eigenvalue weighted by molar-refractivity contribution is -0.136. The van der Waals surface area contributed by atoms with Gasteiger partial charge in [-0.05, 0) is 106 Å². The molecule has 3 N–H and O–H groups in total. The van der Waals surface area contributed by atoms with Crippen molar-refractivity contribution in [2.45, 2.75) is 70.0 Å². The number of amides is 3. The Bertz CT molecular complexity index is 2130. The van der Waals surface area contributed by atoms with Crippen LogP contribution in [0.4, 0.5) is 16.0 Å². The second kappa shape index (κ2) is 15.7. The van der Waals surface area contributed by atoms with E-state index in [0.29, 0.717) is 46.3 Å². The van der Waals surface area contributed by atoms with Crippen LogP contribution < -0.4 is 15.5 Å². The third-order valence-corrected chi connectivity index (χ3v) is 13.0. The number of carbonyl (C=O) groups excluding carboxylic acids is 3. The van der Waals surface area contributed by atoms with E-state index >= 15 is 4.39 Å². The Balaban J connectivity index is 0.699. The summed E-state index contributed by atoms with van der Waals surface area (Å²) in [6.07, 6.45) is 12.6. The lowest BCUT2D eigenvalue weighted by Crippen LogP contribution is -2.52. The average Bonchev–Trinajstić information content (AvgIpc) is 3.93. The average molecular weight is 783 g/mol. The fourth-order valence-corrected chi connectivity index (χ4v) is 9.67. The van der Waals surface area contributed by atoms with Crippen LogP contribution >= 0.6 is 11.6 Å². The molecule has 1 aromatic carbocycles. The second-order valence-corrected chi connectivity index (χ2v) is 16.7. The highest BCUT2D eigenvalue weighted by molar-refractivity contribution is 6.33. The summed E-state index contributed by atoms with van der Waals surface area (Å²) >= 11 is 6.54. The summed E-state index contributed by atoms with van der Waals surface area (Å²) in [6.45, 7) is 8.32. The van der Waals surface area contributed by atoms with E-state index in [1.54, 1.807) is 18.5 Å². The van der Waals surface area contributed by atoms with Crippen LogP contribution in [0.1, 0.15) is 67.3 Å². The molecule has 294 valence electrons. The van der Waals surface area contributed by atoms with E-state index in [1.165, 1.54) is 30.2 Å². The van der Waals surface area contributed by atoms with Gasteiger partial charge in [-0.2, -0.15) is 0 Å². The van der Waals surface area contributed by atoms with E-state index in [1.807, 2.05) is 18.3 Å². The molecule has 0 saturated carbocycles. The number of hydrogen-bond acceptors (Lipinski definition) is 10. The Morgan fingerprint density at radius 1 is 0.929 bits per heavy atom. The Kier molecular flexibility index (Phi) is 10.4. The summed E-state index contributed by atoms with van der Waals surface area (Å²) in [6, 6.07) is 6.65. The smallest absolute Gasteiger partial charge is 0.255 e. The van der Waals surface area contributed by atoms with Crippen molar-refractivity contribution in [3.63, 3.8) is 0 Å². The Labute approximate surface area is 330 Å². The van der Waals surface area contributed by atoms with Gasteiger partial charge < -0.3 is 29.9 Å². The zero-order chi connectivity index (χ0) is 38.3. The summed E-state index contributed by atoms with van der Waals surface area (Å²) in [5.74, 6) is 0.402. The van der Waals surface area contributed by atoms with E-state index in [2.05, 4.69) is 40.3 Å².